The van der Waals surface area contributed by atoms with Gasteiger partial charge in [-0.2, -0.15) is 0 Å². The molecule has 1 heterocycles. The largest absolute Gasteiger partial charge is 0.354 e. The Bertz CT molecular complexity index is 1020. The summed E-state index contributed by atoms with van der Waals surface area (Å²) in [5.41, 5.74) is 5.64. The van der Waals surface area contributed by atoms with E-state index in [9.17, 15) is 9.59 Å². The van der Waals surface area contributed by atoms with Crippen molar-refractivity contribution in [3.8, 4) is 0 Å². The second-order valence-corrected chi connectivity index (χ2v) is 6.84. The number of pyridine rings is 1. The number of hydrogen-bond acceptors (Lipinski definition) is 4. The third-order valence-electron chi connectivity index (χ3n) is 4.80. The van der Waals surface area contributed by atoms with Crippen LogP contribution in [-0.2, 0) is 12.8 Å². The van der Waals surface area contributed by atoms with Crippen LogP contribution in [0.3, 0.4) is 0 Å². The molecule has 1 aromatic heterocycles. The van der Waals surface area contributed by atoms with E-state index in [1.807, 2.05) is 30.3 Å². The van der Waals surface area contributed by atoms with Crippen LogP contribution >= 0.6 is 0 Å². The fraction of sp³-hybridized carbons (Fsp3) is 0.208. The number of ketones is 1. The van der Waals surface area contributed by atoms with Crippen LogP contribution in [-0.4, -0.2) is 16.7 Å². The van der Waals surface area contributed by atoms with E-state index in [1.54, 1.807) is 30.6 Å². The minimum absolute atomic E-state index is 0.00113. The van der Waals surface area contributed by atoms with Gasteiger partial charge in [0.25, 0.3) is 5.91 Å². The number of benzene rings is 2. The van der Waals surface area contributed by atoms with Crippen LogP contribution in [0, 0.1) is 0 Å². The Balaban J connectivity index is 1.82. The van der Waals surface area contributed by atoms with Gasteiger partial charge in [0, 0.05) is 23.1 Å². The summed E-state index contributed by atoms with van der Waals surface area (Å²) in [5, 5.41) is 6.27. The molecule has 0 radical (unpaired) electrons. The standard InChI is InChI=1S/C24H25N3O2/c1-4-17-8-6-9-18(5-2)23(17)27-24(29)20-13-22(15-25-14-20)26-21-11-7-10-19(12-21)16(3)28/h6-15,26H,4-5H2,1-3H3,(H,27,29). The van der Waals surface area contributed by atoms with Gasteiger partial charge < -0.3 is 10.6 Å². The van der Waals surface area contributed by atoms with Crippen molar-refractivity contribution in [1.29, 1.82) is 0 Å². The highest BCUT2D eigenvalue weighted by atomic mass is 16.1. The molecule has 0 unspecified atom stereocenters. The molecule has 29 heavy (non-hydrogen) atoms. The number of para-hydroxylation sites is 1. The van der Waals surface area contributed by atoms with Gasteiger partial charge in [-0.25, -0.2) is 0 Å². The van der Waals surface area contributed by atoms with Crippen molar-refractivity contribution < 1.29 is 9.59 Å². The highest BCUT2D eigenvalue weighted by Gasteiger charge is 2.13. The fourth-order valence-corrected chi connectivity index (χ4v) is 3.20. The van der Waals surface area contributed by atoms with Crippen molar-refractivity contribution in [3.05, 3.63) is 83.2 Å². The third-order valence-corrected chi connectivity index (χ3v) is 4.80. The zero-order valence-electron chi connectivity index (χ0n) is 17.0. The molecule has 1 amide bonds. The summed E-state index contributed by atoms with van der Waals surface area (Å²) in [5.74, 6) is -0.199. The Morgan fingerprint density at radius 1 is 0.862 bits per heavy atom. The fourth-order valence-electron chi connectivity index (χ4n) is 3.20. The van der Waals surface area contributed by atoms with E-state index in [0.29, 0.717) is 16.8 Å². The summed E-state index contributed by atoms with van der Waals surface area (Å²) in [7, 11) is 0. The molecule has 0 spiro atoms. The second kappa shape index (κ2) is 9.15. The quantitative estimate of drug-likeness (QED) is 0.532. The van der Waals surface area contributed by atoms with Crippen LogP contribution in [0.4, 0.5) is 17.1 Å². The molecule has 2 N–H and O–H groups in total. The highest BCUT2D eigenvalue weighted by Crippen LogP contribution is 2.24. The lowest BCUT2D eigenvalue weighted by Gasteiger charge is -2.15. The summed E-state index contributed by atoms with van der Waals surface area (Å²) in [4.78, 5) is 28.6. The highest BCUT2D eigenvalue weighted by molar-refractivity contribution is 6.05. The SMILES string of the molecule is CCc1cccc(CC)c1NC(=O)c1cncc(Nc2cccc(C(C)=O)c2)c1. The maximum absolute atomic E-state index is 12.9. The summed E-state index contributed by atoms with van der Waals surface area (Å²) in [6, 6.07) is 15.1. The molecule has 0 aliphatic heterocycles. The number of Topliss-reactive ketones (excluding diaryl/α,β-unsaturated/α-hetero) is 1. The number of amides is 1. The number of carbonyl (C=O) groups is 2. The van der Waals surface area contributed by atoms with Crippen LogP contribution in [0.1, 0.15) is 52.6 Å². The molecule has 0 fully saturated rings. The topological polar surface area (TPSA) is 71.1 Å². The number of rotatable bonds is 7. The molecule has 2 aromatic carbocycles. The monoisotopic (exact) mass is 387 g/mol. The van der Waals surface area contributed by atoms with E-state index >= 15 is 0 Å². The molecule has 0 saturated heterocycles. The predicted molar refractivity (Wildman–Crippen MR) is 117 cm³/mol. The molecule has 0 bridgehead atoms. The van der Waals surface area contributed by atoms with Crippen molar-refractivity contribution in [2.24, 2.45) is 0 Å². The lowest BCUT2D eigenvalue weighted by Crippen LogP contribution is -2.15. The van der Waals surface area contributed by atoms with Gasteiger partial charge >= 0.3 is 0 Å². The Hall–Kier alpha value is -3.47. The smallest absolute Gasteiger partial charge is 0.257 e. The maximum Gasteiger partial charge on any atom is 0.257 e. The van der Waals surface area contributed by atoms with Crippen molar-refractivity contribution in [2.75, 3.05) is 10.6 Å². The number of anilines is 3. The van der Waals surface area contributed by atoms with Gasteiger partial charge in [0.05, 0.1) is 17.4 Å². The number of carbonyl (C=O) groups excluding carboxylic acids is 2. The normalized spacial score (nSPS) is 10.4. The zero-order chi connectivity index (χ0) is 20.8. The molecular formula is C24H25N3O2. The van der Waals surface area contributed by atoms with Gasteiger partial charge in [-0.3, -0.25) is 14.6 Å². The van der Waals surface area contributed by atoms with E-state index in [0.717, 1.165) is 35.3 Å². The molecular weight excluding hydrogens is 362 g/mol. The van der Waals surface area contributed by atoms with E-state index in [4.69, 9.17) is 0 Å². The minimum Gasteiger partial charge on any atom is -0.354 e. The summed E-state index contributed by atoms with van der Waals surface area (Å²) in [6.07, 6.45) is 4.88. The van der Waals surface area contributed by atoms with Gasteiger partial charge in [-0.1, -0.05) is 44.2 Å². The number of nitrogens with zero attached hydrogens (tertiary/aromatic N) is 1. The first-order chi connectivity index (χ1) is 14.0. The maximum atomic E-state index is 12.9. The second-order valence-electron chi connectivity index (χ2n) is 6.84. The molecule has 3 aromatic rings. The van der Waals surface area contributed by atoms with E-state index < -0.39 is 0 Å². The molecule has 0 aliphatic rings. The number of aryl methyl sites for hydroxylation is 2. The predicted octanol–water partition coefficient (Wildman–Crippen LogP) is 5.40. The molecule has 0 saturated carbocycles. The Morgan fingerprint density at radius 3 is 2.17 bits per heavy atom. The van der Waals surface area contributed by atoms with Gasteiger partial charge in [-0.05, 0) is 49.1 Å². The van der Waals surface area contributed by atoms with Crippen molar-refractivity contribution in [1.82, 2.24) is 4.98 Å². The Morgan fingerprint density at radius 2 is 1.52 bits per heavy atom. The summed E-state index contributed by atoms with van der Waals surface area (Å²) >= 11 is 0. The first-order valence-corrected chi connectivity index (χ1v) is 9.77. The van der Waals surface area contributed by atoms with E-state index in [1.165, 1.54) is 6.92 Å². The summed E-state index contributed by atoms with van der Waals surface area (Å²) in [6.45, 7) is 5.68. The average molecular weight is 387 g/mol. The van der Waals surface area contributed by atoms with Crippen LogP contribution in [0.15, 0.2) is 60.9 Å². The molecule has 0 aliphatic carbocycles. The zero-order valence-corrected chi connectivity index (χ0v) is 17.0. The molecule has 5 heteroatoms. The van der Waals surface area contributed by atoms with Crippen LogP contribution < -0.4 is 10.6 Å². The minimum atomic E-state index is -0.200. The van der Waals surface area contributed by atoms with Crippen LogP contribution in [0.2, 0.25) is 0 Å². The lowest BCUT2D eigenvalue weighted by molar-refractivity contribution is 0.101. The van der Waals surface area contributed by atoms with Crippen molar-refractivity contribution in [2.45, 2.75) is 33.6 Å². The third kappa shape index (κ3) is 4.88. The Labute approximate surface area is 171 Å². The number of aromatic nitrogens is 1. The van der Waals surface area contributed by atoms with E-state index in [-0.39, 0.29) is 11.7 Å². The van der Waals surface area contributed by atoms with Crippen LogP contribution in [0.25, 0.3) is 0 Å². The van der Waals surface area contributed by atoms with Crippen LogP contribution in [0.5, 0.6) is 0 Å². The summed E-state index contributed by atoms with van der Waals surface area (Å²) < 4.78 is 0. The van der Waals surface area contributed by atoms with Gasteiger partial charge in [0.1, 0.15) is 0 Å². The van der Waals surface area contributed by atoms with Gasteiger partial charge in [0.15, 0.2) is 5.78 Å². The molecule has 5 nitrogen and oxygen atoms in total. The first kappa shape index (κ1) is 20.3. The van der Waals surface area contributed by atoms with E-state index in [2.05, 4.69) is 29.5 Å². The van der Waals surface area contributed by atoms with Crippen molar-refractivity contribution in [3.63, 3.8) is 0 Å². The molecule has 0 atom stereocenters. The Kier molecular flexibility index (Phi) is 6.39. The first-order valence-electron chi connectivity index (χ1n) is 9.77. The van der Waals surface area contributed by atoms with Gasteiger partial charge in [0.2, 0.25) is 0 Å². The molecule has 3 rings (SSSR count). The van der Waals surface area contributed by atoms with Gasteiger partial charge in [-0.15, -0.1) is 0 Å². The number of hydrogen-bond donors (Lipinski definition) is 2. The lowest BCUT2D eigenvalue weighted by atomic mass is 10.0. The molecule has 148 valence electrons. The van der Waals surface area contributed by atoms with Crippen molar-refractivity contribution >= 4 is 28.8 Å². The number of nitrogens with one attached hydrogen (secondary N) is 2. The average Bonchev–Trinajstić information content (AvgIpc) is 2.74.